The lowest BCUT2D eigenvalue weighted by Crippen LogP contribution is -2.40. The van der Waals surface area contributed by atoms with Gasteiger partial charge in [0.15, 0.2) is 0 Å². The van der Waals surface area contributed by atoms with Crippen LogP contribution in [-0.2, 0) is 6.54 Å². The molecule has 2 aliphatic heterocycles. The van der Waals surface area contributed by atoms with Crippen LogP contribution in [0.15, 0.2) is 12.1 Å². The Morgan fingerprint density at radius 3 is 2.95 bits per heavy atom. The first-order valence-corrected chi connectivity index (χ1v) is 7.69. The molecule has 1 saturated carbocycles. The Balaban J connectivity index is 1.85. The first-order valence-electron chi connectivity index (χ1n) is 7.69. The van der Waals surface area contributed by atoms with Crippen LogP contribution in [0.3, 0.4) is 0 Å². The van der Waals surface area contributed by atoms with Crippen LogP contribution in [0.1, 0.15) is 36.3 Å². The fraction of sp³-hybridized carbons (Fsp3) is 0.562. The van der Waals surface area contributed by atoms with Gasteiger partial charge in [-0.15, -0.1) is 0 Å². The van der Waals surface area contributed by atoms with E-state index in [1.54, 1.807) is 6.07 Å². The van der Waals surface area contributed by atoms with Gasteiger partial charge in [-0.25, -0.2) is 9.18 Å². The third-order valence-electron chi connectivity index (χ3n) is 5.32. The number of carboxylic acid groups (broad SMARTS) is 1. The summed E-state index contributed by atoms with van der Waals surface area (Å²) in [5.41, 5.74) is 2.80. The molecule has 112 valence electrons. The summed E-state index contributed by atoms with van der Waals surface area (Å²) in [6.07, 6.45) is 2.50. The highest BCUT2D eigenvalue weighted by Gasteiger charge is 2.40. The summed E-state index contributed by atoms with van der Waals surface area (Å²) in [4.78, 5) is 15.0. The van der Waals surface area contributed by atoms with E-state index in [0.717, 1.165) is 36.2 Å². The van der Waals surface area contributed by atoms with E-state index in [2.05, 4.69) is 4.90 Å². The van der Waals surface area contributed by atoms with Crippen LogP contribution in [0.25, 0.3) is 0 Å². The molecule has 0 aromatic heterocycles. The number of hydrogen-bond acceptors (Lipinski definition) is 2. The zero-order valence-corrected chi connectivity index (χ0v) is 11.9. The predicted molar refractivity (Wildman–Crippen MR) is 77.1 cm³/mol. The highest BCUT2D eigenvalue weighted by molar-refractivity contribution is 5.69. The van der Waals surface area contributed by atoms with Gasteiger partial charge in [-0.05, 0) is 36.3 Å². The van der Waals surface area contributed by atoms with Gasteiger partial charge >= 0.3 is 6.09 Å². The van der Waals surface area contributed by atoms with Crippen molar-refractivity contribution in [2.45, 2.75) is 31.7 Å². The zero-order valence-electron chi connectivity index (χ0n) is 11.9. The molecule has 1 aliphatic carbocycles. The number of nitrogens with zero attached hydrogens (tertiary/aromatic N) is 2. The molecule has 2 atom stereocenters. The fourth-order valence-electron chi connectivity index (χ4n) is 4.38. The van der Waals surface area contributed by atoms with Crippen LogP contribution < -0.4 is 4.90 Å². The van der Waals surface area contributed by atoms with E-state index in [9.17, 15) is 14.3 Å². The number of carbonyl (C=O) groups is 1. The molecule has 1 amide bonds. The first kappa shape index (κ1) is 12.9. The molecule has 4 nitrogen and oxygen atoms in total. The Kier molecular flexibility index (Phi) is 2.84. The quantitative estimate of drug-likeness (QED) is 0.798. The Hall–Kier alpha value is -1.78. The van der Waals surface area contributed by atoms with Gasteiger partial charge in [0.05, 0.1) is 6.54 Å². The maximum absolute atomic E-state index is 14.5. The topological polar surface area (TPSA) is 43.8 Å². The Labute approximate surface area is 123 Å². The van der Waals surface area contributed by atoms with E-state index in [4.69, 9.17) is 0 Å². The average Bonchev–Trinajstić information content (AvgIpc) is 2.84. The second-order valence-electron chi connectivity index (χ2n) is 6.42. The minimum absolute atomic E-state index is 0.112. The highest BCUT2D eigenvalue weighted by Crippen LogP contribution is 2.50. The summed E-state index contributed by atoms with van der Waals surface area (Å²) >= 11 is 0. The maximum atomic E-state index is 14.5. The molecule has 2 heterocycles. The summed E-state index contributed by atoms with van der Waals surface area (Å²) in [7, 11) is 0. The molecule has 0 saturated heterocycles. The van der Waals surface area contributed by atoms with E-state index in [0.29, 0.717) is 31.5 Å². The zero-order chi connectivity index (χ0) is 14.6. The number of rotatable bonds is 0. The monoisotopic (exact) mass is 290 g/mol. The summed E-state index contributed by atoms with van der Waals surface area (Å²) in [6, 6.07) is 3.29. The van der Waals surface area contributed by atoms with Crippen molar-refractivity contribution in [2.75, 3.05) is 24.5 Å². The number of amides is 1. The summed E-state index contributed by atoms with van der Waals surface area (Å²) in [5.74, 6) is 0.741. The SMILES string of the molecule is O=C(O)N1CCN2CC3CCCC3c3c(F)ccc(c32)C1. The largest absolute Gasteiger partial charge is 0.465 e. The van der Waals surface area contributed by atoms with E-state index in [-0.39, 0.29) is 5.82 Å². The Morgan fingerprint density at radius 2 is 2.14 bits per heavy atom. The van der Waals surface area contributed by atoms with Gasteiger partial charge in [0, 0.05) is 30.9 Å². The van der Waals surface area contributed by atoms with Crippen molar-refractivity contribution in [1.82, 2.24) is 4.90 Å². The van der Waals surface area contributed by atoms with Crippen LogP contribution in [0.5, 0.6) is 0 Å². The van der Waals surface area contributed by atoms with Gasteiger partial charge in [0.1, 0.15) is 5.82 Å². The first-order chi connectivity index (χ1) is 10.1. The molecule has 0 bridgehead atoms. The van der Waals surface area contributed by atoms with Crippen molar-refractivity contribution < 1.29 is 14.3 Å². The Bertz CT molecular complexity index is 604. The van der Waals surface area contributed by atoms with Gasteiger partial charge in [-0.1, -0.05) is 12.5 Å². The van der Waals surface area contributed by atoms with E-state index in [1.807, 2.05) is 0 Å². The molecule has 1 aromatic rings. The molecule has 4 rings (SSSR count). The number of halogens is 1. The van der Waals surface area contributed by atoms with Crippen molar-refractivity contribution in [3.8, 4) is 0 Å². The summed E-state index contributed by atoms with van der Waals surface area (Å²) in [6.45, 7) is 2.47. The molecule has 1 aromatic carbocycles. The van der Waals surface area contributed by atoms with Crippen molar-refractivity contribution in [3.63, 3.8) is 0 Å². The second kappa shape index (κ2) is 4.61. The number of fused-ring (bicyclic) bond motifs is 2. The van der Waals surface area contributed by atoms with E-state index >= 15 is 0 Å². The molecular weight excluding hydrogens is 271 g/mol. The molecule has 0 spiro atoms. The highest BCUT2D eigenvalue weighted by atomic mass is 19.1. The fourth-order valence-corrected chi connectivity index (χ4v) is 4.38. The minimum Gasteiger partial charge on any atom is -0.465 e. The number of hydrogen-bond donors (Lipinski definition) is 1. The molecule has 21 heavy (non-hydrogen) atoms. The molecule has 3 aliphatic rings. The lowest BCUT2D eigenvalue weighted by molar-refractivity contribution is 0.144. The van der Waals surface area contributed by atoms with Gasteiger partial charge in [0.2, 0.25) is 0 Å². The van der Waals surface area contributed by atoms with E-state index < -0.39 is 6.09 Å². The molecule has 1 N–H and O–H groups in total. The molecule has 0 radical (unpaired) electrons. The number of benzene rings is 1. The average molecular weight is 290 g/mol. The predicted octanol–water partition coefficient (Wildman–Crippen LogP) is 3.02. The molecular formula is C16H19FN2O2. The van der Waals surface area contributed by atoms with Crippen molar-refractivity contribution in [1.29, 1.82) is 0 Å². The van der Waals surface area contributed by atoms with Crippen molar-refractivity contribution in [3.05, 3.63) is 29.1 Å². The molecule has 2 unspecified atom stereocenters. The van der Waals surface area contributed by atoms with E-state index in [1.165, 1.54) is 17.4 Å². The minimum atomic E-state index is -0.895. The normalized spacial score (nSPS) is 27.1. The van der Waals surface area contributed by atoms with Crippen LogP contribution in [0, 0.1) is 11.7 Å². The van der Waals surface area contributed by atoms with Gasteiger partial charge in [-0.2, -0.15) is 0 Å². The third kappa shape index (κ3) is 1.90. The van der Waals surface area contributed by atoms with Crippen molar-refractivity contribution in [2.24, 2.45) is 5.92 Å². The standard InChI is InChI=1S/C16H19FN2O2/c17-13-5-4-11-9-19(16(20)21)7-6-18-8-10-2-1-3-12(10)14(13)15(11)18/h4-5,10,12H,1-3,6-9H2,(H,20,21). The van der Waals surface area contributed by atoms with Crippen molar-refractivity contribution >= 4 is 11.8 Å². The van der Waals surface area contributed by atoms with Gasteiger partial charge in [-0.3, -0.25) is 0 Å². The molecule has 5 heteroatoms. The maximum Gasteiger partial charge on any atom is 0.407 e. The number of anilines is 1. The molecule has 1 fully saturated rings. The van der Waals surface area contributed by atoms with Crippen LogP contribution in [0.2, 0.25) is 0 Å². The lowest BCUT2D eigenvalue weighted by atomic mass is 9.82. The Morgan fingerprint density at radius 1 is 1.29 bits per heavy atom. The third-order valence-corrected chi connectivity index (χ3v) is 5.32. The second-order valence-corrected chi connectivity index (χ2v) is 6.42. The van der Waals surface area contributed by atoms with Gasteiger partial charge in [0.25, 0.3) is 0 Å². The smallest absolute Gasteiger partial charge is 0.407 e. The summed E-state index contributed by atoms with van der Waals surface area (Å²) < 4.78 is 14.5. The van der Waals surface area contributed by atoms with Crippen LogP contribution >= 0.6 is 0 Å². The van der Waals surface area contributed by atoms with Crippen LogP contribution in [-0.4, -0.2) is 35.7 Å². The lowest BCUT2D eigenvalue weighted by Gasteiger charge is -2.38. The van der Waals surface area contributed by atoms with Gasteiger partial charge < -0.3 is 14.9 Å². The summed E-state index contributed by atoms with van der Waals surface area (Å²) in [5, 5.41) is 9.28. The van der Waals surface area contributed by atoms with Crippen LogP contribution in [0.4, 0.5) is 14.9 Å².